The van der Waals surface area contributed by atoms with Gasteiger partial charge in [-0.1, -0.05) is 12.1 Å². The summed E-state index contributed by atoms with van der Waals surface area (Å²) < 4.78 is 11.4. The molecule has 1 aromatic carbocycles. The predicted octanol–water partition coefficient (Wildman–Crippen LogP) is 2.97. The molecule has 1 unspecified atom stereocenters. The number of para-hydroxylation sites is 1. The van der Waals surface area contributed by atoms with Gasteiger partial charge in [0.2, 0.25) is 0 Å². The smallest absolute Gasteiger partial charge is 0.164 e. The van der Waals surface area contributed by atoms with Crippen molar-refractivity contribution >= 4 is 11.3 Å². The van der Waals surface area contributed by atoms with E-state index in [0.717, 1.165) is 35.6 Å². The number of thiazole rings is 1. The maximum absolute atomic E-state index is 5.99. The molecule has 114 valence electrons. The normalized spacial score (nSPS) is 12.2. The van der Waals surface area contributed by atoms with Gasteiger partial charge < -0.3 is 15.2 Å². The number of aryl methyl sites for hydroxylation is 1. The Morgan fingerprint density at radius 3 is 2.81 bits per heavy atom. The Balaban J connectivity index is 2.08. The molecule has 2 rings (SSSR count). The molecule has 0 saturated carbocycles. The quantitative estimate of drug-likeness (QED) is 0.854. The second-order valence-electron chi connectivity index (χ2n) is 5.09. The third-order valence-corrected chi connectivity index (χ3v) is 4.24. The minimum absolute atomic E-state index is 0.0863. The average Bonchev–Trinajstić information content (AvgIpc) is 2.85. The molecule has 0 fully saturated rings. The second kappa shape index (κ2) is 7.43. The molecule has 0 spiro atoms. The zero-order valence-corrected chi connectivity index (χ0v) is 13.6. The van der Waals surface area contributed by atoms with Gasteiger partial charge in [0.05, 0.1) is 24.9 Å². The van der Waals surface area contributed by atoms with Gasteiger partial charge in [0.1, 0.15) is 0 Å². The Hall–Kier alpha value is -1.59. The van der Waals surface area contributed by atoms with Crippen LogP contribution in [-0.4, -0.2) is 24.7 Å². The summed E-state index contributed by atoms with van der Waals surface area (Å²) in [5, 5.41) is 0. The third kappa shape index (κ3) is 4.19. The van der Waals surface area contributed by atoms with Gasteiger partial charge in [0.25, 0.3) is 0 Å². The highest BCUT2D eigenvalue weighted by atomic mass is 32.1. The first-order chi connectivity index (χ1) is 10.1. The first-order valence-corrected chi connectivity index (χ1v) is 7.93. The van der Waals surface area contributed by atoms with E-state index in [9.17, 15) is 0 Å². The van der Waals surface area contributed by atoms with E-state index in [1.807, 2.05) is 37.6 Å². The molecule has 5 heteroatoms. The van der Waals surface area contributed by atoms with Crippen molar-refractivity contribution < 1.29 is 9.47 Å². The van der Waals surface area contributed by atoms with Gasteiger partial charge in [0, 0.05) is 17.3 Å². The molecule has 0 amide bonds. The summed E-state index contributed by atoms with van der Waals surface area (Å²) in [7, 11) is 1.66. The minimum atomic E-state index is 0.0863. The fraction of sp³-hybridized carbons (Fsp3) is 0.438. The van der Waals surface area contributed by atoms with Crippen molar-refractivity contribution in [3.8, 4) is 11.5 Å². The van der Waals surface area contributed by atoms with Crippen LogP contribution in [-0.2, 0) is 12.8 Å². The summed E-state index contributed by atoms with van der Waals surface area (Å²) in [5.41, 5.74) is 9.95. The number of hydrogen-bond acceptors (Lipinski definition) is 5. The maximum Gasteiger partial charge on any atom is 0.164 e. The monoisotopic (exact) mass is 306 g/mol. The molecule has 0 aliphatic heterocycles. The molecule has 1 heterocycles. The fourth-order valence-electron chi connectivity index (χ4n) is 2.21. The Labute approximate surface area is 129 Å². The largest absolute Gasteiger partial charge is 0.493 e. The Kier molecular flexibility index (Phi) is 5.59. The number of hydrogen-bond donors (Lipinski definition) is 1. The molecule has 0 radical (unpaired) electrons. The second-order valence-corrected chi connectivity index (χ2v) is 6.03. The van der Waals surface area contributed by atoms with Crippen LogP contribution in [0.3, 0.4) is 0 Å². The highest BCUT2D eigenvalue weighted by Gasteiger charge is 2.12. The van der Waals surface area contributed by atoms with Gasteiger partial charge in [-0.25, -0.2) is 4.98 Å². The minimum Gasteiger partial charge on any atom is -0.493 e. The molecule has 0 aliphatic rings. The molecule has 0 saturated heterocycles. The van der Waals surface area contributed by atoms with Gasteiger partial charge in [-0.2, -0.15) is 0 Å². The van der Waals surface area contributed by atoms with E-state index in [0.29, 0.717) is 6.61 Å². The molecule has 2 aromatic rings. The zero-order valence-electron chi connectivity index (χ0n) is 12.8. The van der Waals surface area contributed by atoms with Gasteiger partial charge in [-0.3, -0.25) is 0 Å². The summed E-state index contributed by atoms with van der Waals surface area (Å²) in [5.74, 6) is 1.56. The number of nitrogens with zero attached hydrogens (tertiary/aromatic N) is 1. The molecule has 21 heavy (non-hydrogen) atoms. The van der Waals surface area contributed by atoms with Crippen LogP contribution in [0.2, 0.25) is 0 Å². The average molecular weight is 306 g/mol. The van der Waals surface area contributed by atoms with Crippen molar-refractivity contribution in [1.82, 2.24) is 4.98 Å². The summed E-state index contributed by atoms with van der Waals surface area (Å²) in [6.45, 7) is 4.62. The molecule has 1 atom stereocenters. The Bertz CT molecular complexity index is 581. The molecule has 4 nitrogen and oxygen atoms in total. The summed E-state index contributed by atoms with van der Waals surface area (Å²) in [6, 6.07) is 6.01. The van der Waals surface area contributed by atoms with Gasteiger partial charge >= 0.3 is 0 Å². The van der Waals surface area contributed by atoms with E-state index in [2.05, 4.69) is 4.98 Å². The number of methoxy groups -OCH3 is 1. The Morgan fingerprint density at radius 2 is 2.19 bits per heavy atom. The van der Waals surface area contributed by atoms with Gasteiger partial charge in [0.15, 0.2) is 11.5 Å². The highest BCUT2D eigenvalue weighted by Crippen LogP contribution is 2.32. The van der Waals surface area contributed by atoms with E-state index in [1.165, 1.54) is 4.88 Å². The lowest BCUT2D eigenvalue weighted by Crippen LogP contribution is -2.18. The van der Waals surface area contributed by atoms with E-state index in [4.69, 9.17) is 15.2 Å². The Morgan fingerprint density at radius 1 is 1.38 bits per heavy atom. The molecule has 2 N–H and O–H groups in total. The van der Waals surface area contributed by atoms with Crippen molar-refractivity contribution in [2.24, 2.45) is 5.73 Å². The van der Waals surface area contributed by atoms with Crippen LogP contribution in [0.25, 0.3) is 0 Å². The first kappa shape index (κ1) is 15.8. The SMILES string of the molecule is COc1cccc(CC(C)N)c1OCCc1scnc1C. The third-order valence-electron chi connectivity index (χ3n) is 3.24. The van der Waals surface area contributed by atoms with Crippen LogP contribution in [0.1, 0.15) is 23.1 Å². The van der Waals surface area contributed by atoms with Gasteiger partial charge in [-0.05, 0) is 31.9 Å². The van der Waals surface area contributed by atoms with Gasteiger partial charge in [-0.15, -0.1) is 11.3 Å². The topological polar surface area (TPSA) is 57.4 Å². The lowest BCUT2D eigenvalue weighted by molar-refractivity contribution is 0.294. The number of ether oxygens (including phenoxy) is 2. The van der Waals surface area contributed by atoms with Crippen LogP contribution >= 0.6 is 11.3 Å². The van der Waals surface area contributed by atoms with Crippen LogP contribution < -0.4 is 15.2 Å². The van der Waals surface area contributed by atoms with Crippen molar-refractivity contribution in [2.75, 3.05) is 13.7 Å². The van der Waals surface area contributed by atoms with Crippen molar-refractivity contribution in [2.45, 2.75) is 32.7 Å². The lowest BCUT2D eigenvalue weighted by atomic mass is 10.1. The van der Waals surface area contributed by atoms with Crippen molar-refractivity contribution in [3.63, 3.8) is 0 Å². The molecule has 1 aromatic heterocycles. The number of aromatic nitrogens is 1. The predicted molar refractivity (Wildman–Crippen MR) is 86.4 cm³/mol. The fourth-order valence-corrected chi connectivity index (χ4v) is 2.97. The maximum atomic E-state index is 5.99. The lowest BCUT2D eigenvalue weighted by Gasteiger charge is -2.16. The molecular formula is C16H22N2O2S. The van der Waals surface area contributed by atoms with Crippen molar-refractivity contribution in [1.29, 1.82) is 0 Å². The van der Waals surface area contributed by atoms with E-state index in [-0.39, 0.29) is 6.04 Å². The molecule has 0 bridgehead atoms. The zero-order chi connectivity index (χ0) is 15.2. The summed E-state index contributed by atoms with van der Waals surface area (Å²) >= 11 is 1.67. The van der Waals surface area contributed by atoms with Crippen molar-refractivity contribution in [3.05, 3.63) is 39.8 Å². The summed E-state index contributed by atoms with van der Waals surface area (Å²) in [6.07, 6.45) is 1.62. The first-order valence-electron chi connectivity index (χ1n) is 7.05. The van der Waals surface area contributed by atoms with E-state index in [1.54, 1.807) is 18.4 Å². The molecule has 0 aliphatic carbocycles. The number of benzene rings is 1. The number of nitrogens with two attached hydrogens (primary N) is 1. The van der Waals surface area contributed by atoms with E-state index >= 15 is 0 Å². The van der Waals surface area contributed by atoms with Crippen LogP contribution in [0.4, 0.5) is 0 Å². The number of rotatable bonds is 7. The van der Waals surface area contributed by atoms with Crippen LogP contribution in [0, 0.1) is 6.92 Å². The molecular weight excluding hydrogens is 284 g/mol. The van der Waals surface area contributed by atoms with Crippen LogP contribution in [0.15, 0.2) is 23.7 Å². The standard InChI is InChI=1S/C16H22N2O2S/c1-11(17)9-13-5-4-6-14(19-3)16(13)20-8-7-15-12(2)18-10-21-15/h4-6,10-11H,7-9,17H2,1-3H3. The highest BCUT2D eigenvalue weighted by molar-refractivity contribution is 7.09. The van der Waals surface area contributed by atoms with E-state index < -0.39 is 0 Å². The summed E-state index contributed by atoms with van der Waals surface area (Å²) in [4.78, 5) is 5.52. The van der Waals surface area contributed by atoms with Crippen LogP contribution in [0.5, 0.6) is 11.5 Å².